The van der Waals surface area contributed by atoms with Crippen LogP contribution in [0.5, 0.6) is 0 Å². The first-order valence-electron chi connectivity index (χ1n) is 43.1. The molecule has 5 unspecified atom stereocenters. The van der Waals surface area contributed by atoms with Crippen molar-refractivity contribution >= 4 is 39.5 Å². The molecule has 0 aromatic rings. The van der Waals surface area contributed by atoms with Gasteiger partial charge in [0.2, 0.25) is 0 Å². The summed E-state index contributed by atoms with van der Waals surface area (Å²) in [5.74, 6) is -2.22. The van der Waals surface area contributed by atoms with Crippen LogP contribution in [0.3, 0.4) is 0 Å². The van der Waals surface area contributed by atoms with Gasteiger partial charge < -0.3 is 33.8 Å². The van der Waals surface area contributed by atoms with Crippen LogP contribution >= 0.6 is 15.6 Å². The summed E-state index contributed by atoms with van der Waals surface area (Å²) in [5.41, 5.74) is 0. The summed E-state index contributed by atoms with van der Waals surface area (Å²) in [4.78, 5) is 73.3. The lowest BCUT2D eigenvalue weighted by atomic mass is 10.1. The highest BCUT2D eigenvalue weighted by molar-refractivity contribution is 7.47. The van der Waals surface area contributed by atoms with Crippen molar-refractivity contribution in [3.63, 3.8) is 0 Å². The van der Waals surface area contributed by atoms with Gasteiger partial charge in [-0.05, 0) is 167 Å². The number of unbranched alkanes of at least 4 members (excludes halogenated alkanes) is 30. The molecule has 19 heteroatoms. The molecule has 5 atom stereocenters. The first-order valence-corrected chi connectivity index (χ1v) is 46.1. The van der Waals surface area contributed by atoms with Crippen LogP contribution in [0.15, 0.2) is 146 Å². The Kier molecular flexibility index (Phi) is 78.2. The molecule has 110 heavy (non-hydrogen) atoms. The normalized spacial score (nSPS) is 14.5. The summed E-state index contributed by atoms with van der Waals surface area (Å²) in [6.45, 7) is 4.58. The second-order valence-electron chi connectivity index (χ2n) is 28.4. The van der Waals surface area contributed by atoms with E-state index < -0.39 is 97.5 Å². The lowest BCUT2D eigenvalue weighted by Crippen LogP contribution is -2.30. The van der Waals surface area contributed by atoms with E-state index in [-0.39, 0.29) is 25.7 Å². The zero-order valence-corrected chi connectivity index (χ0v) is 70.9. The smallest absolute Gasteiger partial charge is 0.462 e. The maximum Gasteiger partial charge on any atom is 0.472 e. The van der Waals surface area contributed by atoms with Gasteiger partial charge in [0, 0.05) is 25.7 Å². The van der Waals surface area contributed by atoms with Crippen LogP contribution < -0.4 is 0 Å². The fourth-order valence-electron chi connectivity index (χ4n) is 11.3. The van der Waals surface area contributed by atoms with Crippen LogP contribution in [-0.2, 0) is 65.4 Å². The van der Waals surface area contributed by atoms with E-state index in [4.69, 9.17) is 37.0 Å². The van der Waals surface area contributed by atoms with Crippen molar-refractivity contribution in [1.82, 2.24) is 0 Å². The number of carbonyl (C=O) groups excluding carboxylic acids is 4. The zero-order chi connectivity index (χ0) is 80.3. The maximum atomic E-state index is 13.1. The SMILES string of the molecule is CC/C=C\C/C=C\C/C=C\C/C=C\CCCCCCCCC(=O)OCC(COP(=O)(O)OCC(O)COP(=O)(O)OCC(COC(=O)CCCCCCCC/C=C\C/C=C\C/C=C\CCCCC)OC(=O)CCCCCCCCC/C=C\C/C=C\C/C=C\CC)OC(=O)CCCCCCC/C=C\C/C=C\CCCCC. The number of ether oxygens (including phenoxy) is 4. The molecule has 0 aliphatic heterocycles. The minimum atomic E-state index is -4.99. The molecule has 0 spiro atoms. The summed E-state index contributed by atoms with van der Waals surface area (Å²) in [5, 5.41) is 10.7. The molecule has 0 aliphatic carbocycles. The first kappa shape index (κ1) is 105. The maximum absolute atomic E-state index is 13.1. The van der Waals surface area contributed by atoms with Gasteiger partial charge in [-0.15, -0.1) is 0 Å². The van der Waals surface area contributed by atoms with Gasteiger partial charge >= 0.3 is 39.5 Å². The second-order valence-corrected chi connectivity index (χ2v) is 31.3. The fourth-order valence-corrected chi connectivity index (χ4v) is 12.8. The lowest BCUT2D eigenvalue weighted by Gasteiger charge is -2.21. The molecular formula is C91H154O17P2. The molecule has 3 N–H and O–H groups in total. The van der Waals surface area contributed by atoms with E-state index in [9.17, 15) is 43.2 Å². The third kappa shape index (κ3) is 81.0. The molecule has 0 saturated carbocycles. The average Bonchev–Trinajstić information content (AvgIpc) is 0.899. The number of esters is 4. The van der Waals surface area contributed by atoms with Crippen LogP contribution in [0.1, 0.15) is 349 Å². The second kappa shape index (κ2) is 81.9. The minimum Gasteiger partial charge on any atom is -0.462 e. The molecule has 0 heterocycles. The summed E-state index contributed by atoms with van der Waals surface area (Å²) >= 11 is 0. The molecule has 0 bridgehead atoms. The van der Waals surface area contributed by atoms with Gasteiger partial charge in [0.05, 0.1) is 26.4 Å². The predicted octanol–water partition coefficient (Wildman–Crippen LogP) is 25.8. The number of phosphoric ester groups is 2. The standard InChI is InChI=1S/C91H154O17P2/c1-5-9-13-17-21-25-29-33-37-40-42-45-48-51-55-59-63-67-71-75-88(93)101-81-86(107-90(95)77-73-69-65-61-57-53-47-36-32-28-24-20-16-12-8-4)83-105-109(97,98)103-79-85(92)80-104-110(99,100)106-84-87(108-91(96)78-74-70-66-62-58-54-50-44-39-35-31-27-23-19-15-11-7-3)82-102-89(94)76-72-68-64-60-56-52-49-46-43-41-38-34-30-26-22-18-14-10-6-2/h9,11,13,15,21-28,33-39,42-43,45-47,85-87,92H,5-8,10,12,14,16-20,29-32,40-41,44,48-84H2,1-4H3,(H,97,98)(H,99,100)/b13-9-,15-11-,25-21-,26-22-,27-23-,28-24-,37-33-,38-34-,39-35-,45-42-,46-43-,47-36-. The van der Waals surface area contributed by atoms with Gasteiger partial charge in [-0.1, -0.05) is 302 Å². The molecule has 0 saturated heterocycles. The lowest BCUT2D eigenvalue weighted by molar-refractivity contribution is -0.161. The molecule has 0 aromatic carbocycles. The number of allylic oxidation sites excluding steroid dienone is 24. The number of aliphatic hydroxyl groups excluding tert-OH is 1. The minimum absolute atomic E-state index is 0.0721. The van der Waals surface area contributed by atoms with E-state index >= 15 is 0 Å². The first-order chi connectivity index (χ1) is 53.7. The van der Waals surface area contributed by atoms with Crippen molar-refractivity contribution in [1.29, 1.82) is 0 Å². The predicted molar refractivity (Wildman–Crippen MR) is 454 cm³/mol. The fraction of sp³-hybridized carbons (Fsp3) is 0.692. The van der Waals surface area contributed by atoms with Gasteiger partial charge in [-0.3, -0.25) is 37.3 Å². The Balaban J connectivity index is 5.41. The number of hydrogen-bond acceptors (Lipinski definition) is 15. The van der Waals surface area contributed by atoms with E-state index in [1.807, 2.05) is 0 Å². The Morgan fingerprint density at radius 3 is 0.727 bits per heavy atom. The van der Waals surface area contributed by atoms with Crippen LogP contribution in [-0.4, -0.2) is 96.7 Å². The summed E-state index contributed by atoms with van der Waals surface area (Å²) < 4.78 is 68.8. The Morgan fingerprint density at radius 2 is 0.473 bits per heavy atom. The van der Waals surface area contributed by atoms with Gasteiger partial charge in [-0.25, -0.2) is 9.13 Å². The third-order valence-electron chi connectivity index (χ3n) is 17.8. The average molecular weight is 1580 g/mol. The molecule has 0 aromatic heterocycles. The van der Waals surface area contributed by atoms with Crippen molar-refractivity contribution in [2.75, 3.05) is 39.6 Å². The number of phosphoric acid groups is 2. The monoisotopic (exact) mass is 1580 g/mol. The third-order valence-corrected chi connectivity index (χ3v) is 19.7. The Hall–Kier alpha value is -5.06. The zero-order valence-electron chi connectivity index (χ0n) is 69.1. The van der Waals surface area contributed by atoms with Crippen LogP contribution in [0.25, 0.3) is 0 Å². The summed E-state index contributed by atoms with van der Waals surface area (Å²) in [6.07, 6.45) is 95.1. The van der Waals surface area contributed by atoms with Gasteiger partial charge in [0.1, 0.15) is 19.3 Å². The van der Waals surface area contributed by atoms with Crippen molar-refractivity contribution in [3.05, 3.63) is 146 Å². The van der Waals surface area contributed by atoms with Crippen LogP contribution in [0, 0.1) is 0 Å². The molecule has 0 aliphatic rings. The van der Waals surface area contributed by atoms with E-state index in [1.165, 1.54) is 38.5 Å². The molecule has 0 fully saturated rings. The highest BCUT2D eigenvalue weighted by Gasteiger charge is 2.30. The number of hydrogen-bond donors (Lipinski definition) is 3. The van der Waals surface area contributed by atoms with E-state index in [2.05, 4.69) is 174 Å². The van der Waals surface area contributed by atoms with Gasteiger partial charge in [0.15, 0.2) is 12.2 Å². The molecule has 0 rings (SSSR count). The van der Waals surface area contributed by atoms with E-state index in [0.717, 1.165) is 231 Å². The largest absolute Gasteiger partial charge is 0.472 e. The van der Waals surface area contributed by atoms with Gasteiger partial charge in [0.25, 0.3) is 0 Å². The van der Waals surface area contributed by atoms with Crippen molar-refractivity contribution in [3.8, 4) is 0 Å². The highest BCUT2D eigenvalue weighted by atomic mass is 31.2. The Labute approximate surface area is 668 Å². The number of carbonyl (C=O) groups is 4. The molecule has 17 nitrogen and oxygen atoms in total. The van der Waals surface area contributed by atoms with Crippen molar-refractivity contribution in [2.45, 2.75) is 367 Å². The van der Waals surface area contributed by atoms with Gasteiger partial charge in [-0.2, -0.15) is 0 Å². The molecule has 0 radical (unpaired) electrons. The molecule has 630 valence electrons. The summed E-state index contributed by atoms with van der Waals surface area (Å²) in [6, 6.07) is 0. The molecular weight excluding hydrogens is 1430 g/mol. The summed E-state index contributed by atoms with van der Waals surface area (Å²) in [7, 11) is -9.99. The van der Waals surface area contributed by atoms with Crippen LogP contribution in [0.2, 0.25) is 0 Å². The molecule has 0 amide bonds. The van der Waals surface area contributed by atoms with Crippen molar-refractivity contribution in [2.24, 2.45) is 0 Å². The number of rotatable bonds is 80. The van der Waals surface area contributed by atoms with E-state index in [1.54, 1.807) is 0 Å². The van der Waals surface area contributed by atoms with Crippen molar-refractivity contribution < 1.29 is 80.2 Å². The Morgan fingerprint density at radius 1 is 0.264 bits per heavy atom. The topological polar surface area (TPSA) is 237 Å². The Bertz CT molecular complexity index is 2650. The quantitative estimate of drug-likeness (QED) is 0.0169. The highest BCUT2D eigenvalue weighted by Crippen LogP contribution is 2.45. The van der Waals surface area contributed by atoms with Crippen LogP contribution in [0.4, 0.5) is 0 Å². The van der Waals surface area contributed by atoms with E-state index in [0.29, 0.717) is 25.7 Å². The number of aliphatic hydroxyl groups is 1.